The van der Waals surface area contributed by atoms with Crippen molar-refractivity contribution in [3.05, 3.63) is 36.0 Å². The van der Waals surface area contributed by atoms with Crippen molar-refractivity contribution in [2.24, 2.45) is 0 Å². The molecule has 2 aromatic heterocycles. The first-order valence-electron chi connectivity index (χ1n) is 5.44. The summed E-state index contributed by atoms with van der Waals surface area (Å²) in [6, 6.07) is 3.96. The predicted octanol–water partition coefficient (Wildman–Crippen LogP) is 1.99. The van der Waals surface area contributed by atoms with Gasteiger partial charge in [0.1, 0.15) is 5.82 Å². The van der Waals surface area contributed by atoms with Gasteiger partial charge in [-0.05, 0) is 19.1 Å². The Morgan fingerprint density at radius 2 is 2.25 bits per heavy atom. The third kappa shape index (κ3) is 1.66. The van der Waals surface area contributed by atoms with E-state index in [4.69, 9.17) is 0 Å². The van der Waals surface area contributed by atoms with Crippen LogP contribution in [0.4, 0.5) is 0 Å². The lowest BCUT2D eigenvalue weighted by atomic mass is 10.2. The van der Waals surface area contributed by atoms with Gasteiger partial charge in [0.25, 0.3) is 0 Å². The number of imidazole rings is 1. The normalized spacial score (nSPS) is 10.4. The Morgan fingerprint density at radius 1 is 1.44 bits per heavy atom. The van der Waals surface area contributed by atoms with Gasteiger partial charge in [0.05, 0.1) is 11.4 Å². The molecule has 0 aliphatic rings. The van der Waals surface area contributed by atoms with Crippen molar-refractivity contribution in [2.75, 3.05) is 12.5 Å². The Hall–Kier alpha value is -1.84. The number of nitrogens with zero attached hydrogens (tertiary/aromatic N) is 3. The summed E-state index contributed by atoms with van der Waals surface area (Å²) in [5.74, 6) is 1.04. The Labute approximate surface area is 95.3 Å². The highest BCUT2D eigenvalue weighted by molar-refractivity contribution is 5.61. The smallest absolute Gasteiger partial charge is 0.128 e. The van der Waals surface area contributed by atoms with Crippen LogP contribution in [-0.2, 0) is 6.42 Å². The highest BCUT2D eigenvalue weighted by atomic mass is 15.4. The van der Waals surface area contributed by atoms with Crippen molar-refractivity contribution in [2.45, 2.75) is 20.3 Å². The molecule has 4 nitrogen and oxygen atoms in total. The average Bonchev–Trinajstić information content (AvgIpc) is 2.66. The van der Waals surface area contributed by atoms with Crippen molar-refractivity contribution < 1.29 is 0 Å². The summed E-state index contributed by atoms with van der Waals surface area (Å²) in [6.45, 7) is 4.16. The summed E-state index contributed by atoms with van der Waals surface area (Å²) in [5.41, 5.74) is 6.31. The molecule has 0 fully saturated rings. The lowest BCUT2D eigenvalue weighted by Crippen LogP contribution is -2.13. The zero-order valence-electron chi connectivity index (χ0n) is 9.86. The second-order valence-corrected chi connectivity index (χ2v) is 3.62. The lowest BCUT2D eigenvalue weighted by Gasteiger charge is -2.06. The largest absolute Gasteiger partial charge is 0.328 e. The van der Waals surface area contributed by atoms with Gasteiger partial charge in [-0.3, -0.25) is 4.98 Å². The van der Waals surface area contributed by atoms with Crippen LogP contribution >= 0.6 is 0 Å². The molecule has 84 valence electrons. The standard InChI is InChI=1S/C12H16N4/c1-4-11-15-12(9(2)16(11)13-3)10-6-5-7-14-8-10/h5-8,13H,4H2,1-3H3. The summed E-state index contributed by atoms with van der Waals surface area (Å²) >= 11 is 0. The molecule has 0 atom stereocenters. The molecular formula is C12H16N4. The van der Waals surface area contributed by atoms with Gasteiger partial charge in [0.15, 0.2) is 0 Å². The molecular weight excluding hydrogens is 200 g/mol. The molecule has 0 unspecified atom stereocenters. The molecule has 2 heterocycles. The number of aryl methyl sites for hydroxylation is 1. The van der Waals surface area contributed by atoms with Crippen LogP contribution in [0.5, 0.6) is 0 Å². The van der Waals surface area contributed by atoms with Crippen molar-refractivity contribution >= 4 is 0 Å². The second-order valence-electron chi connectivity index (χ2n) is 3.62. The summed E-state index contributed by atoms with van der Waals surface area (Å²) in [6.07, 6.45) is 4.52. The van der Waals surface area contributed by atoms with Gasteiger partial charge in [-0.1, -0.05) is 6.92 Å². The highest BCUT2D eigenvalue weighted by Crippen LogP contribution is 2.21. The zero-order chi connectivity index (χ0) is 11.5. The molecule has 0 saturated heterocycles. The van der Waals surface area contributed by atoms with Gasteiger partial charge < -0.3 is 5.43 Å². The Kier molecular flexibility index (Phi) is 2.90. The van der Waals surface area contributed by atoms with Gasteiger partial charge in [-0.25, -0.2) is 9.66 Å². The molecule has 0 aliphatic carbocycles. The molecule has 0 saturated carbocycles. The zero-order valence-corrected chi connectivity index (χ0v) is 9.86. The maximum Gasteiger partial charge on any atom is 0.128 e. The van der Waals surface area contributed by atoms with Crippen molar-refractivity contribution in [3.8, 4) is 11.3 Å². The fraction of sp³-hybridized carbons (Fsp3) is 0.333. The van der Waals surface area contributed by atoms with Gasteiger partial charge in [0.2, 0.25) is 0 Å². The van der Waals surface area contributed by atoms with Crippen LogP contribution in [0.25, 0.3) is 11.3 Å². The maximum atomic E-state index is 4.63. The minimum absolute atomic E-state index is 0.905. The molecule has 16 heavy (non-hydrogen) atoms. The van der Waals surface area contributed by atoms with Crippen molar-refractivity contribution in [3.63, 3.8) is 0 Å². The van der Waals surface area contributed by atoms with E-state index in [9.17, 15) is 0 Å². The predicted molar refractivity (Wildman–Crippen MR) is 64.9 cm³/mol. The molecule has 0 aliphatic heterocycles. The highest BCUT2D eigenvalue weighted by Gasteiger charge is 2.12. The van der Waals surface area contributed by atoms with E-state index < -0.39 is 0 Å². The number of aromatic nitrogens is 3. The summed E-state index contributed by atoms with van der Waals surface area (Å²) in [4.78, 5) is 8.75. The van der Waals surface area contributed by atoms with E-state index in [0.717, 1.165) is 29.2 Å². The number of hydrogen-bond acceptors (Lipinski definition) is 3. The number of rotatable bonds is 3. The fourth-order valence-corrected chi connectivity index (χ4v) is 1.87. The van der Waals surface area contributed by atoms with Crippen molar-refractivity contribution in [1.82, 2.24) is 14.6 Å². The quantitative estimate of drug-likeness (QED) is 0.853. The molecule has 0 bridgehead atoms. The fourth-order valence-electron chi connectivity index (χ4n) is 1.87. The van der Waals surface area contributed by atoms with E-state index in [2.05, 4.69) is 29.2 Å². The Balaban J connectivity index is 2.54. The molecule has 0 aromatic carbocycles. The molecule has 0 radical (unpaired) electrons. The lowest BCUT2D eigenvalue weighted by molar-refractivity contribution is 0.797. The number of hydrogen-bond donors (Lipinski definition) is 1. The molecule has 4 heteroatoms. The van der Waals surface area contributed by atoms with E-state index in [1.54, 1.807) is 6.20 Å². The molecule has 2 rings (SSSR count). The molecule has 0 spiro atoms. The van der Waals surface area contributed by atoms with Crippen LogP contribution in [0.1, 0.15) is 18.4 Å². The van der Waals surface area contributed by atoms with Crippen LogP contribution in [0.3, 0.4) is 0 Å². The van der Waals surface area contributed by atoms with E-state index in [1.807, 2.05) is 30.1 Å². The van der Waals surface area contributed by atoms with E-state index >= 15 is 0 Å². The average molecular weight is 216 g/mol. The van der Waals surface area contributed by atoms with Gasteiger partial charge in [-0.2, -0.15) is 0 Å². The van der Waals surface area contributed by atoms with Crippen LogP contribution in [0, 0.1) is 6.92 Å². The number of nitrogens with one attached hydrogen (secondary N) is 1. The Bertz CT molecular complexity index is 473. The summed E-state index contributed by atoms with van der Waals surface area (Å²) in [7, 11) is 1.90. The third-order valence-electron chi connectivity index (χ3n) is 2.65. The molecule has 0 amide bonds. The monoisotopic (exact) mass is 216 g/mol. The van der Waals surface area contributed by atoms with E-state index in [0.29, 0.717) is 0 Å². The van der Waals surface area contributed by atoms with Gasteiger partial charge in [0, 0.05) is 31.4 Å². The minimum atomic E-state index is 0.905. The molecule has 2 aromatic rings. The molecule has 1 N–H and O–H groups in total. The second kappa shape index (κ2) is 4.35. The van der Waals surface area contributed by atoms with Crippen LogP contribution in [0.15, 0.2) is 24.5 Å². The third-order valence-corrected chi connectivity index (χ3v) is 2.65. The number of pyridine rings is 1. The summed E-state index contributed by atoms with van der Waals surface area (Å²) < 4.78 is 2.02. The van der Waals surface area contributed by atoms with Crippen LogP contribution in [0.2, 0.25) is 0 Å². The minimum Gasteiger partial charge on any atom is -0.328 e. The van der Waals surface area contributed by atoms with Gasteiger partial charge >= 0.3 is 0 Å². The maximum absolute atomic E-state index is 4.63. The summed E-state index contributed by atoms with van der Waals surface area (Å²) in [5, 5.41) is 0. The Morgan fingerprint density at radius 3 is 2.75 bits per heavy atom. The topological polar surface area (TPSA) is 42.7 Å². The van der Waals surface area contributed by atoms with Crippen LogP contribution < -0.4 is 5.43 Å². The van der Waals surface area contributed by atoms with E-state index in [1.165, 1.54) is 0 Å². The first-order chi connectivity index (χ1) is 7.77. The van der Waals surface area contributed by atoms with E-state index in [-0.39, 0.29) is 0 Å². The van der Waals surface area contributed by atoms with Crippen molar-refractivity contribution in [1.29, 1.82) is 0 Å². The SMILES string of the molecule is CCc1nc(-c2cccnc2)c(C)n1NC. The van der Waals surface area contributed by atoms with Gasteiger partial charge in [-0.15, -0.1) is 0 Å². The van der Waals surface area contributed by atoms with Crippen LogP contribution in [-0.4, -0.2) is 21.7 Å². The first kappa shape index (κ1) is 10.7. The first-order valence-corrected chi connectivity index (χ1v) is 5.44.